The SMILES string of the molecule is CCc1cc[n+](CCOC(=O)Nc2ccc(N=C=O)cc2)cc1. The monoisotopic (exact) mass is 312 g/mol. The Labute approximate surface area is 134 Å². The molecule has 0 atom stereocenters. The molecule has 118 valence electrons. The molecule has 0 saturated heterocycles. The predicted octanol–water partition coefficient (Wildman–Crippen LogP) is 2.75. The van der Waals surface area contributed by atoms with Crippen LogP contribution in [0.1, 0.15) is 12.5 Å². The Kier molecular flexibility index (Phi) is 6.03. The van der Waals surface area contributed by atoms with Gasteiger partial charge in [0.05, 0.1) is 5.69 Å². The number of aryl methyl sites for hydroxylation is 1. The molecule has 23 heavy (non-hydrogen) atoms. The fraction of sp³-hybridized carbons (Fsp3) is 0.235. The zero-order valence-corrected chi connectivity index (χ0v) is 12.9. The van der Waals surface area contributed by atoms with Gasteiger partial charge in [-0.2, -0.15) is 4.99 Å². The van der Waals surface area contributed by atoms with Gasteiger partial charge in [0, 0.05) is 17.8 Å². The van der Waals surface area contributed by atoms with Crippen LogP contribution >= 0.6 is 0 Å². The van der Waals surface area contributed by atoms with Crippen molar-refractivity contribution in [3.05, 3.63) is 54.4 Å². The molecule has 1 heterocycles. The first-order valence-electron chi connectivity index (χ1n) is 7.31. The van der Waals surface area contributed by atoms with Crippen molar-refractivity contribution in [1.29, 1.82) is 0 Å². The molecule has 0 spiro atoms. The molecule has 6 nitrogen and oxygen atoms in total. The molecule has 6 heteroatoms. The van der Waals surface area contributed by atoms with Crippen molar-refractivity contribution in [2.24, 2.45) is 4.99 Å². The van der Waals surface area contributed by atoms with Crippen LogP contribution in [0.2, 0.25) is 0 Å². The van der Waals surface area contributed by atoms with Gasteiger partial charge in [0.15, 0.2) is 25.5 Å². The Hall–Kier alpha value is -2.98. The highest BCUT2D eigenvalue weighted by molar-refractivity contribution is 5.84. The van der Waals surface area contributed by atoms with E-state index in [-0.39, 0.29) is 6.61 Å². The molecule has 1 aromatic heterocycles. The number of aromatic nitrogens is 1. The van der Waals surface area contributed by atoms with E-state index in [2.05, 4.69) is 17.2 Å². The van der Waals surface area contributed by atoms with Gasteiger partial charge < -0.3 is 4.74 Å². The largest absolute Gasteiger partial charge is 0.443 e. The van der Waals surface area contributed by atoms with Crippen molar-refractivity contribution in [3.8, 4) is 0 Å². The zero-order chi connectivity index (χ0) is 16.5. The molecular formula is C17H18N3O3+. The number of ether oxygens (including phenoxy) is 1. The van der Waals surface area contributed by atoms with Crippen LogP contribution in [-0.4, -0.2) is 18.8 Å². The number of nitrogens with zero attached hydrogens (tertiary/aromatic N) is 2. The van der Waals surface area contributed by atoms with E-state index >= 15 is 0 Å². The molecule has 0 fully saturated rings. The van der Waals surface area contributed by atoms with Crippen LogP contribution in [0.5, 0.6) is 0 Å². The first kappa shape index (κ1) is 16.4. The Balaban J connectivity index is 1.76. The highest BCUT2D eigenvalue weighted by atomic mass is 16.5. The second kappa shape index (κ2) is 8.46. The molecule has 1 N–H and O–H groups in total. The maximum Gasteiger partial charge on any atom is 0.411 e. The lowest BCUT2D eigenvalue weighted by Crippen LogP contribution is -2.36. The summed E-state index contributed by atoms with van der Waals surface area (Å²) >= 11 is 0. The van der Waals surface area contributed by atoms with Crippen LogP contribution in [0.3, 0.4) is 0 Å². The predicted molar refractivity (Wildman–Crippen MR) is 85.2 cm³/mol. The maximum atomic E-state index is 11.7. The fourth-order valence-electron chi connectivity index (χ4n) is 1.94. The average Bonchev–Trinajstić information content (AvgIpc) is 2.57. The molecule has 2 rings (SSSR count). The number of anilines is 1. The molecule has 0 aliphatic carbocycles. The summed E-state index contributed by atoms with van der Waals surface area (Å²) in [6.07, 6.45) is 5.86. The van der Waals surface area contributed by atoms with Crippen LogP contribution in [0.15, 0.2) is 53.8 Å². The van der Waals surface area contributed by atoms with Gasteiger partial charge in [-0.05, 0) is 36.2 Å². The molecule has 1 aromatic carbocycles. The van der Waals surface area contributed by atoms with E-state index in [1.807, 2.05) is 29.1 Å². The molecule has 0 unspecified atom stereocenters. The lowest BCUT2D eigenvalue weighted by Gasteiger charge is -2.06. The number of benzene rings is 1. The third kappa shape index (κ3) is 5.37. The minimum Gasteiger partial charge on any atom is -0.443 e. The Morgan fingerprint density at radius 1 is 1.22 bits per heavy atom. The third-order valence-electron chi connectivity index (χ3n) is 3.24. The van der Waals surface area contributed by atoms with E-state index in [4.69, 9.17) is 4.74 Å². The van der Waals surface area contributed by atoms with Gasteiger partial charge in [-0.15, -0.1) is 0 Å². The summed E-state index contributed by atoms with van der Waals surface area (Å²) in [6.45, 7) is 2.96. The summed E-state index contributed by atoms with van der Waals surface area (Å²) in [5, 5.41) is 2.61. The molecule has 0 bridgehead atoms. The van der Waals surface area contributed by atoms with Crippen LogP contribution in [-0.2, 0) is 22.5 Å². The summed E-state index contributed by atoms with van der Waals surface area (Å²) in [4.78, 5) is 25.3. The highest BCUT2D eigenvalue weighted by Crippen LogP contribution is 2.15. The quantitative estimate of drug-likeness (QED) is 0.506. The molecule has 2 aromatic rings. The molecule has 0 aliphatic rings. The van der Waals surface area contributed by atoms with E-state index in [0.29, 0.717) is 17.9 Å². The molecule has 0 aliphatic heterocycles. The lowest BCUT2D eigenvalue weighted by molar-refractivity contribution is -0.697. The average molecular weight is 312 g/mol. The summed E-state index contributed by atoms with van der Waals surface area (Å²) in [7, 11) is 0. The first-order valence-corrected chi connectivity index (χ1v) is 7.31. The summed E-state index contributed by atoms with van der Waals surface area (Å²) in [6, 6.07) is 10.6. The number of amides is 1. The number of pyridine rings is 1. The molecular weight excluding hydrogens is 294 g/mol. The van der Waals surface area contributed by atoms with E-state index in [0.717, 1.165) is 6.42 Å². The van der Waals surface area contributed by atoms with Crippen molar-refractivity contribution in [2.75, 3.05) is 11.9 Å². The zero-order valence-electron chi connectivity index (χ0n) is 12.9. The first-order chi connectivity index (χ1) is 11.2. The van der Waals surface area contributed by atoms with Gasteiger partial charge in [0.1, 0.15) is 0 Å². The number of isocyanates is 1. The van der Waals surface area contributed by atoms with Crippen LogP contribution in [0.25, 0.3) is 0 Å². The van der Waals surface area contributed by atoms with Gasteiger partial charge >= 0.3 is 6.09 Å². The van der Waals surface area contributed by atoms with Crippen molar-refractivity contribution < 1.29 is 18.9 Å². The Morgan fingerprint density at radius 3 is 2.52 bits per heavy atom. The van der Waals surface area contributed by atoms with Gasteiger partial charge in [0.2, 0.25) is 6.08 Å². The third-order valence-corrected chi connectivity index (χ3v) is 3.24. The smallest absolute Gasteiger partial charge is 0.411 e. The number of aliphatic imine (C=N–C) groups is 1. The fourth-order valence-corrected chi connectivity index (χ4v) is 1.94. The molecule has 0 saturated carbocycles. The standard InChI is InChI=1S/C17H17N3O3/c1-2-14-7-9-20(10-8-14)11-12-23-17(22)19-16-5-3-15(4-6-16)18-13-21/h3-10H,2,11-12H2,1H3/p+1. The van der Waals surface area contributed by atoms with Crippen molar-refractivity contribution in [1.82, 2.24) is 0 Å². The van der Waals surface area contributed by atoms with Crippen LogP contribution < -0.4 is 9.88 Å². The van der Waals surface area contributed by atoms with E-state index in [1.54, 1.807) is 24.3 Å². The van der Waals surface area contributed by atoms with Gasteiger partial charge in [0.25, 0.3) is 0 Å². The van der Waals surface area contributed by atoms with Crippen molar-refractivity contribution >= 4 is 23.5 Å². The van der Waals surface area contributed by atoms with Gasteiger partial charge in [-0.3, -0.25) is 5.32 Å². The van der Waals surface area contributed by atoms with Gasteiger partial charge in [-0.25, -0.2) is 14.2 Å². The summed E-state index contributed by atoms with van der Waals surface area (Å²) in [5.41, 5.74) is 2.31. The topological polar surface area (TPSA) is 71.6 Å². The number of hydrogen-bond donors (Lipinski definition) is 1. The minimum atomic E-state index is -0.526. The Bertz CT molecular complexity index is 690. The number of nitrogens with one attached hydrogen (secondary N) is 1. The van der Waals surface area contributed by atoms with Crippen LogP contribution in [0, 0.1) is 0 Å². The number of carbonyl (C=O) groups excluding carboxylic acids is 2. The van der Waals surface area contributed by atoms with Crippen molar-refractivity contribution in [2.45, 2.75) is 19.9 Å². The van der Waals surface area contributed by atoms with Gasteiger partial charge in [-0.1, -0.05) is 6.92 Å². The lowest BCUT2D eigenvalue weighted by atomic mass is 10.2. The number of carbonyl (C=O) groups is 1. The summed E-state index contributed by atoms with van der Waals surface area (Å²) in [5.74, 6) is 0. The van der Waals surface area contributed by atoms with E-state index < -0.39 is 6.09 Å². The second-order valence-electron chi connectivity index (χ2n) is 4.81. The van der Waals surface area contributed by atoms with E-state index in [9.17, 15) is 9.59 Å². The van der Waals surface area contributed by atoms with Crippen LogP contribution in [0.4, 0.5) is 16.2 Å². The Morgan fingerprint density at radius 2 is 1.91 bits per heavy atom. The molecule has 0 radical (unpaired) electrons. The minimum absolute atomic E-state index is 0.273. The summed E-state index contributed by atoms with van der Waals surface area (Å²) < 4.78 is 7.08. The normalized spacial score (nSPS) is 9.78. The van der Waals surface area contributed by atoms with E-state index in [1.165, 1.54) is 11.6 Å². The number of rotatable bonds is 6. The van der Waals surface area contributed by atoms with Crippen molar-refractivity contribution in [3.63, 3.8) is 0 Å². The highest BCUT2D eigenvalue weighted by Gasteiger charge is 2.06. The maximum absolute atomic E-state index is 11.7. The second-order valence-corrected chi connectivity index (χ2v) is 4.81. The molecule has 1 amide bonds. The number of hydrogen-bond acceptors (Lipinski definition) is 4.